The maximum atomic E-state index is 8.49. The topological polar surface area (TPSA) is 52.0 Å². The van der Waals surface area contributed by atoms with Gasteiger partial charge in [-0.15, -0.1) is 0 Å². The third kappa shape index (κ3) is 2.97. The summed E-state index contributed by atoms with van der Waals surface area (Å²) < 4.78 is 0. The fraction of sp³-hybridized carbons (Fsp3) is 0.625. The van der Waals surface area contributed by atoms with Gasteiger partial charge in [0.05, 0.1) is 0 Å². The third-order valence-corrected chi connectivity index (χ3v) is 4.83. The predicted octanol–water partition coefficient (Wildman–Crippen LogP) is 4.13. The van der Waals surface area contributed by atoms with Gasteiger partial charge in [-0.25, -0.2) is 0 Å². The van der Waals surface area contributed by atoms with E-state index in [1.807, 2.05) is 0 Å². The fourth-order valence-corrected chi connectivity index (χ4v) is 3.94. The van der Waals surface area contributed by atoms with Crippen molar-refractivity contribution >= 4 is 0 Å². The highest BCUT2D eigenvalue weighted by Gasteiger charge is 2.37. The van der Waals surface area contributed by atoms with Crippen molar-refractivity contribution in [3.63, 3.8) is 0 Å². The van der Waals surface area contributed by atoms with E-state index in [9.17, 15) is 0 Å². The van der Waals surface area contributed by atoms with Crippen LogP contribution in [0.5, 0.6) is 0 Å². The van der Waals surface area contributed by atoms with Gasteiger partial charge in [-0.05, 0) is 42.7 Å². The van der Waals surface area contributed by atoms with Crippen molar-refractivity contribution in [2.24, 2.45) is 11.0 Å². The Balaban J connectivity index is 1.68. The number of piperidine rings is 2. The van der Waals surface area contributed by atoms with Gasteiger partial charge in [-0.1, -0.05) is 41.9 Å². The first-order valence-corrected chi connectivity index (χ1v) is 7.67. The average molecular weight is 270 g/mol. The lowest BCUT2D eigenvalue weighted by Crippen LogP contribution is -2.51. The van der Waals surface area contributed by atoms with Crippen LogP contribution in [0.3, 0.4) is 0 Å². The molecule has 3 rings (SSSR count). The van der Waals surface area contributed by atoms with Gasteiger partial charge in [-0.2, -0.15) is 0 Å². The smallest absolute Gasteiger partial charge is 0.0287 e. The molecule has 0 spiro atoms. The van der Waals surface area contributed by atoms with Gasteiger partial charge in [0.1, 0.15) is 0 Å². The van der Waals surface area contributed by atoms with Crippen LogP contribution in [0.25, 0.3) is 10.4 Å². The molecule has 20 heavy (non-hydrogen) atoms. The summed E-state index contributed by atoms with van der Waals surface area (Å²) in [5.74, 6) is 0.591. The molecule has 0 radical (unpaired) electrons. The van der Waals surface area contributed by atoms with Crippen molar-refractivity contribution in [2.45, 2.75) is 50.7 Å². The number of hydrogen-bond acceptors (Lipinski definition) is 2. The largest absolute Gasteiger partial charge is 0.293 e. The molecule has 0 amide bonds. The monoisotopic (exact) mass is 270 g/mol. The lowest BCUT2D eigenvalue weighted by molar-refractivity contribution is 0.00892. The molecule has 2 atom stereocenters. The zero-order valence-corrected chi connectivity index (χ0v) is 11.9. The number of hydrogen-bond donors (Lipinski definition) is 0. The summed E-state index contributed by atoms with van der Waals surface area (Å²) in [7, 11) is 0. The number of azide groups is 1. The summed E-state index contributed by atoms with van der Waals surface area (Å²) in [6.07, 6.45) is 6.35. The minimum atomic E-state index is 0.591. The molecule has 4 nitrogen and oxygen atoms in total. The molecule has 4 heteroatoms. The van der Waals surface area contributed by atoms with Crippen LogP contribution in [0, 0.1) is 5.92 Å². The van der Waals surface area contributed by atoms with Crippen LogP contribution in [0.1, 0.15) is 37.7 Å². The Kier molecular flexibility index (Phi) is 4.24. The Morgan fingerprint density at radius 3 is 2.50 bits per heavy atom. The van der Waals surface area contributed by atoms with E-state index in [2.05, 4.69) is 45.3 Å². The van der Waals surface area contributed by atoms with E-state index in [1.54, 1.807) is 0 Å². The van der Waals surface area contributed by atoms with Crippen molar-refractivity contribution in [1.29, 1.82) is 0 Å². The lowest BCUT2D eigenvalue weighted by atomic mass is 9.78. The first-order chi connectivity index (χ1) is 9.86. The second-order valence-corrected chi connectivity index (χ2v) is 6.15. The molecule has 106 valence electrons. The highest BCUT2D eigenvalue weighted by atomic mass is 15.2. The van der Waals surface area contributed by atoms with Gasteiger partial charge < -0.3 is 0 Å². The molecule has 0 aliphatic carbocycles. The van der Waals surface area contributed by atoms with E-state index < -0.39 is 0 Å². The fourth-order valence-electron chi connectivity index (χ4n) is 3.94. The van der Waals surface area contributed by atoms with Crippen LogP contribution in [0.15, 0.2) is 35.4 Å². The van der Waals surface area contributed by atoms with E-state index in [1.165, 1.54) is 37.7 Å². The highest BCUT2D eigenvalue weighted by molar-refractivity contribution is 5.15. The molecule has 0 N–H and O–H groups in total. The first kappa shape index (κ1) is 13.5. The van der Waals surface area contributed by atoms with Crippen LogP contribution in [-0.4, -0.2) is 23.5 Å². The Bertz CT molecular complexity index is 467. The van der Waals surface area contributed by atoms with E-state index in [4.69, 9.17) is 5.53 Å². The molecule has 2 bridgehead atoms. The second-order valence-electron chi connectivity index (χ2n) is 6.15. The van der Waals surface area contributed by atoms with Crippen LogP contribution >= 0.6 is 0 Å². The Labute approximate surface area is 120 Å². The van der Waals surface area contributed by atoms with Crippen molar-refractivity contribution in [2.75, 3.05) is 6.54 Å². The number of benzene rings is 1. The van der Waals surface area contributed by atoms with Crippen molar-refractivity contribution in [3.05, 3.63) is 46.3 Å². The molecule has 2 saturated heterocycles. The van der Waals surface area contributed by atoms with Gasteiger partial charge in [-0.3, -0.25) is 4.90 Å². The average Bonchev–Trinajstić information content (AvgIpc) is 2.46. The zero-order valence-electron chi connectivity index (χ0n) is 11.9. The van der Waals surface area contributed by atoms with Crippen LogP contribution in [0.2, 0.25) is 0 Å². The SMILES string of the molecule is [N-]=[N+]=NCC1CC2CCCC(C1)N2Cc1ccccc1. The molecule has 2 aliphatic rings. The zero-order chi connectivity index (χ0) is 13.8. The Morgan fingerprint density at radius 1 is 1.15 bits per heavy atom. The predicted molar refractivity (Wildman–Crippen MR) is 80.1 cm³/mol. The summed E-state index contributed by atoms with van der Waals surface area (Å²) in [5.41, 5.74) is 9.91. The van der Waals surface area contributed by atoms with Crippen molar-refractivity contribution in [3.8, 4) is 0 Å². The van der Waals surface area contributed by atoms with E-state index in [0.29, 0.717) is 24.5 Å². The second kappa shape index (κ2) is 6.29. The number of fused-ring (bicyclic) bond motifs is 2. The van der Waals surface area contributed by atoms with E-state index in [0.717, 1.165) is 6.54 Å². The maximum absolute atomic E-state index is 8.49. The summed E-state index contributed by atoms with van der Waals surface area (Å²) in [6, 6.07) is 12.1. The molecule has 1 aromatic rings. The summed E-state index contributed by atoms with van der Waals surface area (Å²) >= 11 is 0. The van der Waals surface area contributed by atoms with Crippen LogP contribution in [-0.2, 0) is 6.54 Å². The molecular formula is C16H22N4. The quantitative estimate of drug-likeness (QED) is 0.461. The Hall–Kier alpha value is -1.51. The van der Waals surface area contributed by atoms with Gasteiger partial charge in [0, 0.05) is 30.1 Å². The molecule has 2 unspecified atom stereocenters. The van der Waals surface area contributed by atoms with Gasteiger partial charge >= 0.3 is 0 Å². The van der Waals surface area contributed by atoms with Crippen molar-refractivity contribution in [1.82, 2.24) is 4.90 Å². The molecule has 2 heterocycles. The van der Waals surface area contributed by atoms with E-state index in [-0.39, 0.29) is 0 Å². The molecule has 0 saturated carbocycles. The number of rotatable bonds is 4. The van der Waals surface area contributed by atoms with Crippen molar-refractivity contribution < 1.29 is 0 Å². The van der Waals surface area contributed by atoms with Crippen LogP contribution in [0.4, 0.5) is 0 Å². The Morgan fingerprint density at radius 2 is 1.85 bits per heavy atom. The van der Waals surface area contributed by atoms with Crippen LogP contribution < -0.4 is 0 Å². The summed E-state index contributed by atoms with van der Waals surface area (Å²) in [6.45, 7) is 1.76. The third-order valence-electron chi connectivity index (χ3n) is 4.83. The molecule has 0 aromatic heterocycles. The van der Waals surface area contributed by atoms with E-state index >= 15 is 0 Å². The standard InChI is InChI=1S/C16H22N4/c17-19-18-11-14-9-15-7-4-8-16(10-14)20(15)12-13-5-2-1-3-6-13/h1-3,5-6,14-16H,4,7-12H2. The molecular weight excluding hydrogens is 248 g/mol. The summed E-state index contributed by atoms with van der Waals surface area (Å²) in [4.78, 5) is 5.62. The molecule has 2 aliphatic heterocycles. The molecule has 2 fully saturated rings. The maximum Gasteiger partial charge on any atom is 0.0287 e. The normalized spacial score (nSPS) is 29.7. The summed E-state index contributed by atoms with van der Waals surface area (Å²) in [5, 5.41) is 3.79. The first-order valence-electron chi connectivity index (χ1n) is 7.67. The number of nitrogens with zero attached hydrogens (tertiary/aromatic N) is 4. The minimum Gasteiger partial charge on any atom is -0.293 e. The lowest BCUT2D eigenvalue weighted by Gasteiger charge is -2.49. The minimum absolute atomic E-state index is 0.591. The van der Waals surface area contributed by atoms with Gasteiger partial charge in [0.15, 0.2) is 0 Å². The highest BCUT2D eigenvalue weighted by Crippen LogP contribution is 2.38. The molecule has 1 aromatic carbocycles. The van der Waals surface area contributed by atoms with Gasteiger partial charge in [0.25, 0.3) is 0 Å². The van der Waals surface area contributed by atoms with Gasteiger partial charge in [0.2, 0.25) is 0 Å².